The zero-order chi connectivity index (χ0) is 19.9. The van der Waals surface area contributed by atoms with Crippen molar-refractivity contribution in [3.8, 4) is 5.75 Å². The molecule has 4 rings (SSSR count). The second-order valence-corrected chi connectivity index (χ2v) is 8.31. The molecule has 5 atom stereocenters. The van der Waals surface area contributed by atoms with Crippen LogP contribution in [0.15, 0.2) is 24.3 Å². The van der Waals surface area contributed by atoms with E-state index in [0.717, 1.165) is 31.4 Å². The van der Waals surface area contributed by atoms with Gasteiger partial charge in [-0.2, -0.15) is 0 Å². The van der Waals surface area contributed by atoms with Crippen molar-refractivity contribution >= 4 is 5.91 Å². The molecular formula is C20H26F3N3O2. The predicted molar refractivity (Wildman–Crippen MR) is 97.3 cm³/mol. The first-order valence-corrected chi connectivity index (χ1v) is 9.95. The number of benzene rings is 1. The van der Waals surface area contributed by atoms with E-state index in [4.69, 9.17) is 5.73 Å². The van der Waals surface area contributed by atoms with Crippen molar-refractivity contribution in [2.75, 3.05) is 6.54 Å². The molecule has 1 unspecified atom stereocenters. The SMILES string of the molecule is N[C@@H](CC1CC1)C(=O)N[C@H]1CC[C@@H]2C(c3ccc(OC(F)(F)F)cc3)NC[C@H]12. The quantitative estimate of drug-likeness (QED) is 0.690. The summed E-state index contributed by atoms with van der Waals surface area (Å²) in [5.74, 6) is 0.994. The van der Waals surface area contributed by atoms with Gasteiger partial charge in [-0.25, -0.2) is 0 Å². The van der Waals surface area contributed by atoms with Crippen molar-refractivity contribution in [2.24, 2.45) is 23.5 Å². The van der Waals surface area contributed by atoms with Gasteiger partial charge in [0.15, 0.2) is 0 Å². The molecule has 0 spiro atoms. The van der Waals surface area contributed by atoms with Crippen LogP contribution in [0.3, 0.4) is 0 Å². The molecule has 1 aliphatic heterocycles. The van der Waals surface area contributed by atoms with Gasteiger partial charge in [0.1, 0.15) is 5.75 Å². The van der Waals surface area contributed by atoms with Crippen LogP contribution in [-0.2, 0) is 4.79 Å². The first-order valence-electron chi connectivity index (χ1n) is 9.95. The molecule has 8 heteroatoms. The fourth-order valence-electron chi connectivity index (χ4n) is 4.75. The Morgan fingerprint density at radius 1 is 1.18 bits per heavy atom. The minimum Gasteiger partial charge on any atom is -0.406 e. The molecule has 0 aromatic heterocycles. The van der Waals surface area contributed by atoms with Crippen molar-refractivity contribution < 1.29 is 22.7 Å². The summed E-state index contributed by atoms with van der Waals surface area (Å²) in [6, 6.07) is 5.81. The van der Waals surface area contributed by atoms with Crippen LogP contribution >= 0.6 is 0 Å². The lowest BCUT2D eigenvalue weighted by atomic mass is 9.88. The van der Waals surface area contributed by atoms with Crippen LogP contribution in [0.25, 0.3) is 0 Å². The second-order valence-electron chi connectivity index (χ2n) is 8.31. The van der Waals surface area contributed by atoms with Crippen LogP contribution in [0.2, 0.25) is 0 Å². The van der Waals surface area contributed by atoms with Gasteiger partial charge in [-0.1, -0.05) is 25.0 Å². The summed E-state index contributed by atoms with van der Waals surface area (Å²) < 4.78 is 40.9. The lowest BCUT2D eigenvalue weighted by Gasteiger charge is -2.22. The Morgan fingerprint density at radius 2 is 1.89 bits per heavy atom. The first-order chi connectivity index (χ1) is 13.3. The Labute approximate surface area is 162 Å². The van der Waals surface area contributed by atoms with Gasteiger partial charge in [0, 0.05) is 18.6 Å². The number of nitrogens with one attached hydrogen (secondary N) is 2. The van der Waals surface area contributed by atoms with Gasteiger partial charge in [0.25, 0.3) is 0 Å². The normalized spacial score (nSPS) is 30.7. The van der Waals surface area contributed by atoms with Crippen LogP contribution < -0.4 is 21.1 Å². The highest BCUT2D eigenvalue weighted by molar-refractivity contribution is 5.81. The van der Waals surface area contributed by atoms with E-state index in [9.17, 15) is 18.0 Å². The van der Waals surface area contributed by atoms with Gasteiger partial charge < -0.3 is 21.1 Å². The summed E-state index contributed by atoms with van der Waals surface area (Å²) >= 11 is 0. The van der Waals surface area contributed by atoms with Crippen LogP contribution in [-0.4, -0.2) is 30.9 Å². The molecule has 5 nitrogen and oxygen atoms in total. The summed E-state index contributed by atoms with van der Waals surface area (Å²) in [6.07, 6.45) is 0.299. The molecule has 3 fully saturated rings. The monoisotopic (exact) mass is 397 g/mol. The smallest absolute Gasteiger partial charge is 0.406 e. The minimum absolute atomic E-state index is 0.0605. The highest BCUT2D eigenvalue weighted by Gasteiger charge is 2.46. The molecule has 1 amide bonds. The van der Waals surface area contributed by atoms with Crippen molar-refractivity contribution in [3.63, 3.8) is 0 Å². The topological polar surface area (TPSA) is 76.4 Å². The van der Waals surface area contributed by atoms with E-state index < -0.39 is 12.4 Å². The Kier molecular flexibility index (Phi) is 5.26. The fraction of sp³-hybridized carbons (Fsp3) is 0.650. The maximum absolute atomic E-state index is 12.4. The van der Waals surface area contributed by atoms with Crippen LogP contribution in [0.1, 0.15) is 43.7 Å². The summed E-state index contributed by atoms with van der Waals surface area (Å²) in [5.41, 5.74) is 6.97. The summed E-state index contributed by atoms with van der Waals surface area (Å²) in [5, 5.41) is 6.61. The molecule has 0 radical (unpaired) electrons. The van der Waals surface area contributed by atoms with Crippen molar-refractivity contribution in [1.82, 2.24) is 10.6 Å². The maximum atomic E-state index is 12.4. The molecule has 28 heavy (non-hydrogen) atoms. The lowest BCUT2D eigenvalue weighted by Crippen LogP contribution is -2.47. The Balaban J connectivity index is 1.35. The molecule has 1 saturated heterocycles. The fourth-order valence-corrected chi connectivity index (χ4v) is 4.75. The van der Waals surface area contributed by atoms with Gasteiger partial charge in [0.05, 0.1) is 6.04 Å². The number of carbonyl (C=O) groups excluding carboxylic acids is 1. The summed E-state index contributed by atoms with van der Waals surface area (Å²) in [7, 11) is 0. The van der Waals surface area contributed by atoms with Gasteiger partial charge in [-0.05, 0) is 54.7 Å². The van der Waals surface area contributed by atoms with E-state index in [1.165, 1.54) is 25.0 Å². The molecular weight excluding hydrogens is 371 g/mol. The Bertz CT molecular complexity index is 706. The van der Waals surface area contributed by atoms with Crippen molar-refractivity contribution in [1.29, 1.82) is 0 Å². The number of fused-ring (bicyclic) bond motifs is 1. The number of halogens is 3. The van der Waals surface area contributed by atoms with E-state index in [-0.39, 0.29) is 23.7 Å². The standard InChI is InChI=1S/C20H26F3N3O2/c21-20(22,23)28-13-5-3-12(4-6-13)18-14-7-8-17(15(14)10-25-18)26-19(27)16(24)9-11-1-2-11/h3-6,11,14-18,25H,1-2,7-10,24H2,(H,26,27)/t14-,15-,16-,17-,18?/m0/s1. The number of alkyl halides is 3. The molecule has 0 bridgehead atoms. The van der Waals surface area contributed by atoms with E-state index in [1.807, 2.05) is 0 Å². The predicted octanol–water partition coefficient (Wildman–Crippen LogP) is 2.87. The summed E-state index contributed by atoms with van der Waals surface area (Å²) in [4.78, 5) is 12.4. The van der Waals surface area contributed by atoms with E-state index >= 15 is 0 Å². The van der Waals surface area contributed by atoms with Gasteiger partial charge >= 0.3 is 6.36 Å². The largest absolute Gasteiger partial charge is 0.573 e. The van der Waals surface area contributed by atoms with E-state index in [2.05, 4.69) is 15.4 Å². The van der Waals surface area contributed by atoms with E-state index in [0.29, 0.717) is 17.8 Å². The van der Waals surface area contributed by atoms with Gasteiger partial charge in [0.2, 0.25) is 5.91 Å². The lowest BCUT2D eigenvalue weighted by molar-refractivity contribution is -0.274. The van der Waals surface area contributed by atoms with Crippen molar-refractivity contribution in [2.45, 2.75) is 56.6 Å². The number of hydrogen-bond acceptors (Lipinski definition) is 4. The van der Waals surface area contributed by atoms with E-state index in [1.54, 1.807) is 12.1 Å². The molecule has 1 aromatic rings. The molecule has 4 N–H and O–H groups in total. The molecule has 2 saturated carbocycles. The highest BCUT2D eigenvalue weighted by Crippen LogP contribution is 2.45. The number of ether oxygens (including phenoxy) is 1. The molecule has 154 valence electrons. The second kappa shape index (κ2) is 7.55. The zero-order valence-corrected chi connectivity index (χ0v) is 15.5. The van der Waals surface area contributed by atoms with Gasteiger partial charge in [-0.3, -0.25) is 4.79 Å². The highest BCUT2D eigenvalue weighted by atomic mass is 19.4. The zero-order valence-electron chi connectivity index (χ0n) is 15.5. The number of amides is 1. The number of carbonyl (C=O) groups is 1. The first kappa shape index (κ1) is 19.5. The van der Waals surface area contributed by atoms with Crippen LogP contribution in [0.5, 0.6) is 5.75 Å². The third-order valence-electron chi connectivity index (χ3n) is 6.30. The summed E-state index contributed by atoms with van der Waals surface area (Å²) in [6.45, 7) is 0.777. The maximum Gasteiger partial charge on any atom is 0.573 e. The molecule has 1 heterocycles. The number of nitrogens with two attached hydrogens (primary N) is 1. The Morgan fingerprint density at radius 3 is 2.54 bits per heavy atom. The minimum atomic E-state index is -4.69. The number of hydrogen-bond donors (Lipinski definition) is 3. The molecule has 3 aliphatic rings. The average molecular weight is 397 g/mol. The van der Waals surface area contributed by atoms with Crippen molar-refractivity contribution in [3.05, 3.63) is 29.8 Å². The third-order valence-corrected chi connectivity index (χ3v) is 6.30. The third kappa shape index (κ3) is 4.43. The molecule has 2 aliphatic carbocycles. The Hall–Kier alpha value is -1.80. The molecule has 1 aromatic carbocycles. The van der Waals surface area contributed by atoms with Crippen LogP contribution in [0, 0.1) is 17.8 Å². The number of rotatable bonds is 6. The van der Waals surface area contributed by atoms with Crippen LogP contribution in [0.4, 0.5) is 13.2 Å². The average Bonchev–Trinajstić information content (AvgIpc) is 3.20. The van der Waals surface area contributed by atoms with Gasteiger partial charge in [-0.15, -0.1) is 13.2 Å².